The average molecular weight is 621 g/mol. The molecule has 0 atom stereocenters. The van der Waals surface area contributed by atoms with E-state index >= 15 is 0 Å². The van der Waals surface area contributed by atoms with Crippen molar-refractivity contribution in [2.75, 3.05) is 7.11 Å². The molecular weight excluding hydrogens is 593 g/mol. The van der Waals surface area contributed by atoms with E-state index in [1.807, 2.05) is 43.3 Å². The van der Waals surface area contributed by atoms with Gasteiger partial charge in [0.25, 0.3) is 5.56 Å². The highest BCUT2D eigenvalue weighted by Crippen LogP contribution is 2.34. The van der Waals surface area contributed by atoms with Crippen molar-refractivity contribution in [2.24, 2.45) is 5.10 Å². The molecule has 5 rings (SSSR count). The average Bonchev–Trinajstić information content (AvgIpc) is 2.96. The van der Waals surface area contributed by atoms with Crippen LogP contribution in [0.2, 0.25) is 15.1 Å². The van der Waals surface area contributed by atoms with Crippen molar-refractivity contribution in [3.8, 4) is 22.9 Å². The van der Waals surface area contributed by atoms with Gasteiger partial charge in [-0.3, -0.25) is 4.79 Å². The summed E-state index contributed by atoms with van der Waals surface area (Å²) in [5.41, 5.74) is 4.49. The van der Waals surface area contributed by atoms with E-state index in [0.29, 0.717) is 43.1 Å². The van der Waals surface area contributed by atoms with Gasteiger partial charge in [0, 0.05) is 21.2 Å². The molecule has 1 aromatic heterocycles. The van der Waals surface area contributed by atoms with Gasteiger partial charge >= 0.3 is 0 Å². The van der Waals surface area contributed by atoms with Gasteiger partial charge in [-0.2, -0.15) is 9.78 Å². The highest BCUT2D eigenvalue weighted by atomic mass is 35.5. The first kappa shape index (κ1) is 29.6. The lowest BCUT2D eigenvalue weighted by molar-refractivity contribution is 0.306. The summed E-state index contributed by atoms with van der Waals surface area (Å²) in [6.45, 7) is 6.38. The molecule has 0 unspecified atom stereocenters. The van der Waals surface area contributed by atoms with Crippen LogP contribution in [0.25, 0.3) is 22.3 Å². The zero-order valence-corrected chi connectivity index (χ0v) is 25.8. The molecule has 0 saturated carbocycles. The van der Waals surface area contributed by atoms with Gasteiger partial charge in [0.1, 0.15) is 18.1 Å². The van der Waals surface area contributed by atoms with E-state index in [2.05, 4.69) is 18.9 Å². The summed E-state index contributed by atoms with van der Waals surface area (Å²) in [5, 5.41) is 6.53. The second-order valence-corrected chi connectivity index (χ2v) is 11.3. The predicted octanol–water partition coefficient (Wildman–Crippen LogP) is 8.93. The summed E-state index contributed by atoms with van der Waals surface area (Å²) < 4.78 is 12.9. The first-order chi connectivity index (χ1) is 20.2. The van der Waals surface area contributed by atoms with Gasteiger partial charge < -0.3 is 9.47 Å². The number of aromatic nitrogens is 2. The second-order valence-electron chi connectivity index (χ2n) is 10.1. The Morgan fingerprint density at radius 1 is 0.952 bits per heavy atom. The summed E-state index contributed by atoms with van der Waals surface area (Å²) in [6.07, 6.45) is 1.58. The molecule has 1 heterocycles. The maximum atomic E-state index is 13.7. The van der Waals surface area contributed by atoms with E-state index in [1.165, 1.54) is 4.68 Å². The fraction of sp³-hybridized carbons (Fsp3) is 0.182. The molecule has 42 heavy (non-hydrogen) atoms. The third-order valence-corrected chi connectivity index (χ3v) is 7.75. The van der Waals surface area contributed by atoms with Gasteiger partial charge in [-0.25, -0.2) is 4.98 Å². The third-order valence-electron chi connectivity index (χ3n) is 6.87. The third kappa shape index (κ3) is 6.16. The molecule has 0 saturated heterocycles. The minimum Gasteiger partial charge on any atom is -0.496 e. The van der Waals surface area contributed by atoms with E-state index in [-0.39, 0.29) is 18.1 Å². The quantitative estimate of drug-likeness (QED) is 0.163. The van der Waals surface area contributed by atoms with Crippen LogP contribution in [0.1, 0.15) is 42.0 Å². The van der Waals surface area contributed by atoms with Crippen LogP contribution in [0.5, 0.6) is 11.5 Å². The van der Waals surface area contributed by atoms with E-state index in [9.17, 15) is 4.79 Å². The number of nitrogens with zero attached hydrogens (tertiary/aromatic N) is 3. The van der Waals surface area contributed by atoms with Gasteiger partial charge in [-0.1, -0.05) is 66.8 Å². The predicted molar refractivity (Wildman–Crippen MR) is 172 cm³/mol. The van der Waals surface area contributed by atoms with Crippen molar-refractivity contribution < 1.29 is 9.47 Å². The summed E-state index contributed by atoms with van der Waals surface area (Å²) in [5.74, 6) is 1.91. The molecule has 0 radical (unpaired) electrons. The Morgan fingerprint density at radius 3 is 2.45 bits per heavy atom. The van der Waals surface area contributed by atoms with Gasteiger partial charge in [-0.15, -0.1) is 0 Å². The number of aryl methyl sites for hydroxylation is 1. The SMILES string of the molecule is COc1cc(C)c(-c2nc3ccccc3c(=O)n2N=Cc2ccc(OCc3ccc(Cl)cc3Cl)c(Cl)c2)cc1C(C)C. The summed E-state index contributed by atoms with van der Waals surface area (Å²) in [4.78, 5) is 18.6. The van der Waals surface area contributed by atoms with Crippen molar-refractivity contribution in [2.45, 2.75) is 33.3 Å². The highest BCUT2D eigenvalue weighted by Gasteiger charge is 2.18. The maximum absolute atomic E-state index is 13.7. The summed E-state index contributed by atoms with van der Waals surface area (Å²) >= 11 is 18.8. The first-order valence-electron chi connectivity index (χ1n) is 13.3. The molecule has 9 heteroatoms. The van der Waals surface area contributed by atoms with E-state index in [0.717, 1.165) is 28.0 Å². The summed E-state index contributed by atoms with van der Waals surface area (Å²) in [7, 11) is 1.66. The number of halogens is 3. The number of methoxy groups -OCH3 is 1. The zero-order chi connectivity index (χ0) is 30.0. The Morgan fingerprint density at radius 2 is 1.74 bits per heavy atom. The number of ether oxygens (including phenoxy) is 2. The van der Waals surface area contributed by atoms with Gasteiger partial charge in [-0.05, 0) is 84.1 Å². The standard InChI is InChI=1S/C33H28Cl3N3O3/c1-19(2)25-16-26(20(3)13-31(25)41-4)32-38-29-8-6-5-7-24(29)33(40)39(32)37-17-21-9-12-30(28(36)14-21)42-18-22-10-11-23(34)15-27(22)35/h5-17,19H,18H2,1-4H3. The number of benzene rings is 4. The molecule has 0 aliphatic heterocycles. The molecule has 6 nitrogen and oxygen atoms in total. The molecular formula is C33H28Cl3N3O3. The molecule has 5 aromatic rings. The van der Waals surface area contributed by atoms with Crippen molar-refractivity contribution in [1.29, 1.82) is 0 Å². The van der Waals surface area contributed by atoms with Crippen LogP contribution in [0.15, 0.2) is 82.7 Å². The van der Waals surface area contributed by atoms with Crippen molar-refractivity contribution in [1.82, 2.24) is 9.66 Å². The molecule has 0 spiro atoms. The molecule has 0 aliphatic carbocycles. The summed E-state index contributed by atoms with van der Waals surface area (Å²) in [6, 6.07) is 21.7. The number of hydrogen-bond acceptors (Lipinski definition) is 5. The van der Waals surface area contributed by atoms with Crippen LogP contribution in [0.4, 0.5) is 0 Å². The van der Waals surface area contributed by atoms with Crippen LogP contribution >= 0.6 is 34.8 Å². The molecule has 0 amide bonds. The Hall–Kier alpha value is -3.84. The molecule has 214 valence electrons. The van der Waals surface area contributed by atoms with E-state index in [1.54, 1.807) is 49.7 Å². The fourth-order valence-electron chi connectivity index (χ4n) is 4.61. The topological polar surface area (TPSA) is 65.7 Å². The van der Waals surface area contributed by atoms with Crippen LogP contribution in [-0.2, 0) is 6.61 Å². The monoisotopic (exact) mass is 619 g/mol. The molecule has 0 fully saturated rings. The van der Waals surface area contributed by atoms with Crippen molar-refractivity contribution in [3.63, 3.8) is 0 Å². The number of rotatable bonds is 8. The minimum atomic E-state index is -0.279. The lowest BCUT2D eigenvalue weighted by atomic mass is 9.96. The highest BCUT2D eigenvalue weighted by molar-refractivity contribution is 6.35. The Bertz CT molecular complexity index is 1880. The molecule has 0 N–H and O–H groups in total. The van der Waals surface area contributed by atoms with E-state index < -0.39 is 0 Å². The Labute approximate surface area is 259 Å². The number of para-hydroxylation sites is 1. The minimum absolute atomic E-state index is 0.196. The van der Waals surface area contributed by atoms with E-state index in [4.69, 9.17) is 49.3 Å². The molecule has 0 bridgehead atoms. The first-order valence-corrected chi connectivity index (χ1v) is 14.4. The Kier molecular flexibility index (Phi) is 8.88. The number of fused-ring (bicyclic) bond motifs is 1. The van der Waals surface area contributed by atoms with Crippen molar-refractivity contribution >= 4 is 51.9 Å². The van der Waals surface area contributed by atoms with Crippen LogP contribution in [-0.4, -0.2) is 23.0 Å². The Balaban J connectivity index is 1.53. The molecule has 0 aliphatic rings. The van der Waals surface area contributed by atoms with Gasteiger partial charge in [0.05, 0.1) is 29.2 Å². The van der Waals surface area contributed by atoms with Crippen LogP contribution in [0.3, 0.4) is 0 Å². The largest absolute Gasteiger partial charge is 0.496 e. The van der Waals surface area contributed by atoms with Gasteiger partial charge in [0.2, 0.25) is 0 Å². The normalized spacial score (nSPS) is 11.5. The smallest absolute Gasteiger partial charge is 0.282 e. The van der Waals surface area contributed by atoms with Gasteiger partial charge in [0.15, 0.2) is 5.82 Å². The van der Waals surface area contributed by atoms with Crippen LogP contribution in [0, 0.1) is 6.92 Å². The maximum Gasteiger partial charge on any atom is 0.282 e. The van der Waals surface area contributed by atoms with Crippen molar-refractivity contribution in [3.05, 3.63) is 120 Å². The fourth-order valence-corrected chi connectivity index (χ4v) is 5.31. The number of hydrogen-bond donors (Lipinski definition) is 0. The van der Waals surface area contributed by atoms with Crippen LogP contribution < -0.4 is 15.0 Å². The zero-order valence-electron chi connectivity index (χ0n) is 23.5. The lowest BCUT2D eigenvalue weighted by Gasteiger charge is -2.17. The second kappa shape index (κ2) is 12.6. The molecule has 4 aromatic carbocycles. The lowest BCUT2D eigenvalue weighted by Crippen LogP contribution is -2.20.